The third kappa shape index (κ3) is 3.64. The van der Waals surface area contributed by atoms with Crippen molar-refractivity contribution in [1.82, 2.24) is 20.0 Å². The van der Waals surface area contributed by atoms with Crippen LogP contribution in [0.15, 0.2) is 22.9 Å². The van der Waals surface area contributed by atoms with Gasteiger partial charge in [-0.25, -0.2) is 0 Å². The van der Waals surface area contributed by atoms with E-state index in [4.69, 9.17) is 0 Å². The Bertz CT molecular complexity index is 650. The molecule has 1 aliphatic heterocycles. The third-order valence-electron chi connectivity index (χ3n) is 4.56. The summed E-state index contributed by atoms with van der Waals surface area (Å²) in [6, 6.07) is 4.55. The molecule has 3 heterocycles. The molecule has 0 bridgehead atoms. The van der Waals surface area contributed by atoms with Crippen molar-refractivity contribution in [2.45, 2.75) is 38.8 Å². The van der Waals surface area contributed by atoms with Crippen LogP contribution in [-0.2, 0) is 6.54 Å². The second-order valence-corrected chi connectivity index (χ2v) is 6.84. The van der Waals surface area contributed by atoms with Gasteiger partial charge >= 0.3 is 0 Å². The number of thiophene rings is 1. The fraction of sp³-hybridized carbons (Fsp3) is 0.529. The summed E-state index contributed by atoms with van der Waals surface area (Å²) >= 11 is 1.65. The highest BCUT2D eigenvalue weighted by Crippen LogP contribution is 2.23. The van der Waals surface area contributed by atoms with Gasteiger partial charge in [0.15, 0.2) is 5.69 Å². The number of nitrogens with zero attached hydrogens (tertiary/aromatic N) is 3. The van der Waals surface area contributed by atoms with Gasteiger partial charge in [0.1, 0.15) is 0 Å². The molecule has 1 fully saturated rings. The summed E-state index contributed by atoms with van der Waals surface area (Å²) < 4.78 is 1.89. The molecule has 0 spiro atoms. The molecule has 5 nitrogen and oxygen atoms in total. The van der Waals surface area contributed by atoms with Crippen LogP contribution in [0.1, 0.15) is 36.7 Å². The molecule has 1 saturated heterocycles. The van der Waals surface area contributed by atoms with Gasteiger partial charge in [0, 0.05) is 30.1 Å². The lowest BCUT2D eigenvalue weighted by Gasteiger charge is -2.19. The molecule has 0 aromatic carbocycles. The van der Waals surface area contributed by atoms with Gasteiger partial charge in [-0.05, 0) is 57.3 Å². The molecule has 1 unspecified atom stereocenters. The predicted octanol–water partition coefficient (Wildman–Crippen LogP) is 2.85. The maximum atomic E-state index is 12.4. The Hall–Kier alpha value is -1.66. The van der Waals surface area contributed by atoms with Crippen molar-refractivity contribution in [1.29, 1.82) is 0 Å². The van der Waals surface area contributed by atoms with Crippen LogP contribution < -0.4 is 5.32 Å². The number of aryl methyl sites for hydroxylation is 1. The van der Waals surface area contributed by atoms with Crippen molar-refractivity contribution in [3.05, 3.63) is 28.6 Å². The van der Waals surface area contributed by atoms with E-state index in [9.17, 15) is 4.79 Å². The molecule has 2 aromatic heterocycles. The van der Waals surface area contributed by atoms with E-state index < -0.39 is 0 Å². The van der Waals surface area contributed by atoms with E-state index >= 15 is 0 Å². The molecule has 3 rings (SSSR count). The van der Waals surface area contributed by atoms with E-state index in [0.29, 0.717) is 18.3 Å². The summed E-state index contributed by atoms with van der Waals surface area (Å²) in [7, 11) is 2.16. The maximum absolute atomic E-state index is 12.4. The van der Waals surface area contributed by atoms with E-state index in [1.807, 2.05) is 23.1 Å². The SMILES string of the molecule is CCn1nc(C(=O)NCCC2CCCN2C)cc1-c1ccsc1. The summed E-state index contributed by atoms with van der Waals surface area (Å²) in [4.78, 5) is 14.7. The zero-order chi connectivity index (χ0) is 16.2. The number of carbonyl (C=O) groups excluding carboxylic acids is 1. The summed E-state index contributed by atoms with van der Waals surface area (Å²) in [5.74, 6) is -0.0747. The average molecular weight is 332 g/mol. The summed E-state index contributed by atoms with van der Waals surface area (Å²) in [6.45, 7) is 4.68. The van der Waals surface area contributed by atoms with Crippen LogP contribution in [0.3, 0.4) is 0 Å². The molecule has 124 valence electrons. The van der Waals surface area contributed by atoms with Crippen LogP contribution in [0.25, 0.3) is 11.3 Å². The van der Waals surface area contributed by atoms with Crippen molar-refractivity contribution in [2.75, 3.05) is 20.1 Å². The van der Waals surface area contributed by atoms with E-state index in [0.717, 1.165) is 24.2 Å². The van der Waals surface area contributed by atoms with Crippen LogP contribution in [-0.4, -0.2) is 46.8 Å². The molecule has 0 aliphatic carbocycles. The van der Waals surface area contributed by atoms with Gasteiger partial charge in [0.05, 0.1) is 5.69 Å². The molecule has 6 heteroatoms. The zero-order valence-electron chi connectivity index (χ0n) is 13.8. The Labute approximate surface area is 141 Å². The summed E-state index contributed by atoms with van der Waals surface area (Å²) in [5.41, 5.74) is 2.64. The highest BCUT2D eigenvalue weighted by molar-refractivity contribution is 7.08. The normalized spacial score (nSPS) is 18.4. The lowest BCUT2D eigenvalue weighted by Crippen LogP contribution is -2.32. The number of hydrogen-bond acceptors (Lipinski definition) is 4. The standard InChI is InChI=1S/C17H24N4OS/c1-3-21-16(13-7-10-23-12-13)11-15(19-21)17(22)18-8-6-14-5-4-9-20(14)2/h7,10-12,14H,3-6,8-9H2,1-2H3,(H,18,22). The maximum Gasteiger partial charge on any atom is 0.271 e. The van der Waals surface area contributed by atoms with Gasteiger partial charge in [0.2, 0.25) is 0 Å². The molecule has 1 amide bonds. The van der Waals surface area contributed by atoms with Gasteiger partial charge in [-0.1, -0.05) is 0 Å². The van der Waals surface area contributed by atoms with E-state index in [1.165, 1.54) is 19.4 Å². The molecule has 0 saturated carbocycles. The summed E-state index contributed by atoms with van der Waals surface area (Å²) in [5, 5.41) is 11.6. The Kier molecular flexibility index (Phi) is 5.13. The molecular formula is C17H24N4OS. The molecule has 1 N–H and O–H groups in total. The molecule has 0 radical (unpaired) electrons. The van der Waals surface area contributed by atoms with Crippen molar-refractivity contribution in [3.8, 4) is 11.3 Å². The highest BCUT2D eigenvalue weighted by Gasteiger charge is 2.21. The van der Waals surface area contributed by atoms with Crippen LogP contribution in [0.4, 0.5) is 0 Å². The molecular weight excluding hydrogens is 308 g/mol. The van der Waals surface area contributed by atoms with Gasteiger partial charge < -0.3 is 10.2 Å². The molecule has 1 atom stereocenters. The topological polar surface area (TPSA) is 50.2 Å². The Balaban J connectivity index is 1.61. The van der Waals surface area contributed by atoms with Gasteiger partial charge in [-0.3, -0.25) is 9.48 Å². The zero-order valence-corrected chi connectivity index (χ0v) is 14.6. The van der Waals surface area contributed by atoms with Crippen molar-refractivity contribution < 1.29 is 4.79 Å². The Morgan fingerprint density at radius 2 is 2.39 bits per heavy atom. The Morgan fingerprint density at radius 3 is 3.04 bits per heavy atom. The van der Waals surface area contributed by atoms with Crippen molar-refractivity contribution >= 4 is 17.2 Å². The fourth-order valence-electron chi connectivity index (χ4n) is 3.20. The number of rotatable bonds is 6. The van der Waals surface area contributed by atoms with Gasteiger partial charge in [-0.15, -0.1) is 0 Å². The number of likely N-dealkylation sites (tertiary alicyclic amines) is 1. The van der Waals surface area contributed by atoms with Gasteiger partial charge in [0.25, 0.3) is 5.91 Å². The van der Waals surface area contributed by atoms with Gasteiger partial charge in [-0.2, -0.15) is 16.4 Å². The largest absolute Gasteiger partial charge is 0.351 e. The van der Waals surface area contributed by atoms with E-state index in [1.54, 1.807) is 11.3 Å². The molecule has 2 aromatic rings. The molecule has 1 aliphatic rings. The minimum atomic E-state index is -0.0747. The average Bonchev–Trinajstić information content (AvgIpc) is 3.27. The van der Waals surface area contributed by atoms with Crippen molar-refractivity contribution in [2.24, 2.45) is 0 Å². The Morgan fingerprint density at radius 1 is 1.52 bits per heavy atom. The molecule has 23 heavy (non-hydrogen) atoms. The van der Waals surface area contributed by atoms with Crippen LogP contribution in [0.2, 0.25) is 0 Å². The lowest BCUT2D eigenvalue weighted by atomic mass is 10.1. The van der Waals surface area contributed by atoms with Crippen LogP contribution in [0, 0.1) is 0 Å². The third-order valence-corrected chi connectivity index (χ3v) is 5.25. The number of hydrogen-bond donors (Lipinski definition) is 1. The second kappa shape index (κ2) is 7.27. The minimum Gasteiger partial charge on any atom is -0.351 e. The fourth-order valence-corrected chi connectivity index (χ4v) is 3.85. The smallest absolute Gasteiger partial charge is 0.271 e. The van der Waals surface area contributed by atoms with Crippen LogP contribution in [0.5, 0.6) is 0 Å². The lowest BCUT2D eigenvalue weighted by molar-refractivity contribution is 0.0944. The monoisotopic (exact) mass is 332 g/mol. The van der Waals surface area contributed by atoms with Crippen molar-refractivity contribution in [3.63, 3.8) is 0 Å². The first kappa shape index (κ1) is 16.2. The number of amides is 1. The predicted molar refractivity (Wildman–Crippen MR) is 93.8 cm³/mol. The highest BCUT2D eigenvalue weighted by atomic mass is 32.1. The van der Waals surface area contributed by atoms with E-state index in [-0.39, 0.29) is 5.91 Å². The first-order valence-corrected chi connectivity index (χ1v) is 9.22. The first-order valence-electron chi connectivity index (χ1n) is 8.28. The second-order valence-electron chi connectivity index (χ2n) is 6.06. The van der Waals surface area contributed by atoms with Crippen LogP contribution >= 0.6 is 11.3 Å². The number of aromatic nitrogens is 2. The minimum absolute atomic E-state index is 0.0747. The number of carbonyl (C=O) groups is 1. The first-order chi connectivity index (χ1) is 11.2. The number of nitrogens with one attached hydrogen (secondary N) is 1. The summed E-state index contributed by atoms with van der Waals surface area (Å²) in [6.07, 6.45) is 3.51. The van der Waals surface area contributed by atoms with E-state index in [2.05, 4.69) is 33.8 Å². The quantitative estimate of drug-likeness (QED) is 0.885.